The van der Waals surface area contributed by atoms with Crippen LogP contribution in [0.3, 0.4) is 0 Å². The molecule has 2 aliphatic rings. The highest BCUT2D eigenvalue weighted by molar-refractivity contribution is 5.78. The fraction of sp³-hybridized carbons (Fsp3) is 0.889. The minimum atomic E-state index is -0.0741. The van der Waals surface area contributed by atoms with E-state index in [0.29, 0.717) is 6.42 Å². The second kappa shape index (κ2) is 8.51. The summed E-state index contributed by atoms with van der Waals surface area (Å²) in [5.41, 5.74) is 2.03. The van der Waals surface area contributed by atoms with E-state index in [0.717, 1.165) is 19.3 Å². The molecule has 0 bridgehead atoms. The van der Waals surface area contributed by atoms with E-state index in [2.05, 4.69) is 100 Å². The summed E-state index contributed by atoms with van der Waals surface area (Å²) < 4.78 is 0. The van der Waals surface area contributed by atoms with Crippen molar-refractivity contribution in [3.05, 3.63) is 12.3 Å². The molecule has 0 spiro atoms. The quantitative estimate of drug-likeness (QED) is 0.434. The van der Waals surface area contributed by atoms with E-state index in [4.69, 9.17) is 0 Å². The van der Waals surface area contributed by atoms with Crippen molar-refractivity contribution in [2.75, 3.05) is 0 Å². The van der Waals surface area contributed by atoms with Crippen molar-refractivity contribution in [2.45, 2.75) is 133 Å². The SMILES string of the molecule is C=C1CCCC(C(C)(C)C)(C(C)(C)C)N1.CC(C)(C)C1(C(C)(C)C)CCCC(=O)N1. The number of rotatable bonds is 0. The van der Waals surface area contributed by atoms with E-state index in [9.17, 15) is 4.79 Å². The van der Waals surface area contributed by atoms with E-state index in [1.807, 2.05) is 0 Å². The lowest BCUT2D eigenvalue weighted by molar-refractivity contribution is -0.132. The highest BCUT2D eigenvalue weighted by Crippen LogP contribution is 2.50. The number of piperidine rings is 2. The van der Waals surface area contributed by atoms with Gasteiger partial charge in [-0.25, -0.2) is 0 Å². The van der Waals surface area contributed by atoms with Crippen LogP contribution in [-0.4, -0.2) is 17.0 Å². The molecular weight excluding hydrogens is 368 g/mol. The Kier molecular flexibility index (Phi) is 7.67. The predicted octanol–water partition coefficient (Wildman–Crippen LogP) is 7.22. The fourth-order valence-electron chi connectivity index (χ4n) is 6.37. The summed E-state index contributed by atoms with van der Waals surface area (Å²) in [7, 11) is 0. The van der Waals surface area contributed by atoms with E-state index in [-0.39, 0.29) is 38.6 Å². The molecule has 1 amide bonds. The van der Waals surface area contributed by atoms with Crippen LogP contribution in [0, 0.1) is 21.7 Å². The average Bonchev–Trinajstić information content (AvgIpc) is 2.51. The highest BCUT2D eigenvalue weighted by atomic mass is 16.1. The van der Waals surface area contributed by atoms with Crippen LogP contribution >= 0.6 is 0 Å². The summed E-state index contributed by atoms with van der Waals surface area (Å²) in [6, 6.07) is 0. The lowest BCUT2D eigenvalue weighted by Crippen LogP contribution is -2.66. The molecule has 2 aliphatic heterocycles. The predicted molar refractivity (Wildman–Crippen MR) is 131 cm³/mol. The van der Waals surface area contributed by atoms with Gasteiger partial charge in [0.2, 0.25) is 5.91 Å². The molecule has 0 aromatic heterocycles. The van der Waals surface area contributed by atoms with E-state index in [1.165, 1.54) is 18.5 Å². The normalized spacial score (nSPS) is 22.4. The maximum Gasteiger partial charge on any atom is 0.220 e. The summed E-state index contributed by atoms with van der Waals surface area (Å²) in [6.45, 7) is 31.5. The zero-order chi connectivity index (χ0) is 23.8. The number of amides is 1. The van der Waals surface area contributed by atoms with Gasteiger partial charge in [-0.3, -0.25) is 4.79 Å². The summed E-state index contributed by atoms with van der Waals surface area (Å²) in [6.07, 6.45) is 6.44. The molecule has 0 saturated carbocycles. The molecule has 0 unspecified atom stereocenters. The van der Waals surface area contributed by atoms with Gasteiger partial charge in [-0.2, -0.15) is 0 Å². The van der Waals surface area contributed by atoms with Crippen LogP contribution in [0.15, 0.2) is 12.3 Å². The van der Waals surface area contributed by atoms with Crippen molar-refractivity contribution in [3.63, 3.8) is 0 Å². The van der Waals surface area contributed by atoms with Crippen molar-refractivity contribution in [3.8, 4) is 0 Å². The van der Waals surface area contributed by atoms with Crippen LogP contribution in [0.4, 0.5) is 0 Å². The number of hydrogen-bond donors (Lipinski definition) is 2. The number of allylic oxidation sites excluding steroid dienone is 1. The number of carbonyl (C=O) groups is 1. The molecule has 2 heterocycles. The summed E-state index contributed by atoms with van der Waals surface area (Å²) in [5.74, 6) is 0.214. The van der Waals surface area contributed by atoms with Gasteiger partial charge in [0, 0.05) is 23.2 Å². The van der Waals surface area contributed by atoms with Gasteiger partial charge < -0.3 is 10.6 Å². The maximum atomic E-state index is 11.7. The average molecular weight is 421 g/mol. The van der Waals surface area contributed by atoms with Crippen molar-refractivity contribution >= 4 is 5.91 Å². The molecule has 0 atom stereocenters. The van der Waals surface area contributed by atoms with Crippen LogP contribution in [0.2, 0.25) is 0 Å². The molecule has 3 nitrogen and oxygen atoms in total. The van der Waals surface area contributed by atoms with Gasteiger partial charge in [0.05, 0.1) is 0 Å². The van der Waals surface area contributed by atoms with Crippen LogP contribution in [0.5, 0.6) is 0 Å². The van der Waals surface area contributed by atoms with Crippen LogP contribution in [0.1, 0.15) is 122 Å². The van der Waals surface area contributed by atoms with Gasteiger partial charge in [-0.05, 0) is 53.8 Å². The molecule has 0 radical (unpaired) electrons. The van der Waals surface area contributed by atoms with Crippen LogP contribution in [-0.2, 0) is 4.79 Å². The number of hydrogen-bond acceptors (Lipinski definition) is 2. The molecule has 0 aliphatic carbocycles. The van der Waals surface area contributed by atoms with Crippen molar-refractivity contribution < 1.29 is 4.79 Å². The number of nitrogens with one attached hydrogen (secondary N) is 2. The first-order valence-electron chi connectivity index (χ1n) is 12.0. The van der Waals surface area contributed by atoms with E-state index >= 15 is 0 Å². The summed E-state index contributed by atoms with van der Waals surface area (Å²) >= 11 is 0. The van der Waals surface area contributed by atoms with Gasteiger partial charge in [0.1, 0.15) is 0 Å². The Bertz CT molecular complexity index is 533. The second-order valence-corrected chi connectivity index (χ2v) is 13.8. The molecule has 30 heavy (non-hydrogen) atoms. The Morgan fingerprint density at radius 2 is 0.967 bits per heavy atom. The molecule has 3 heteroatoms. The lowest BCUT2D eigenvalue weighted by atomic mass is 9.57. The topological polar surface area (TPSA) is 41.1 Å². The molecule has 2 fully saturated rings. The van der Waals surface area contributed by atoms with Crippen LogP contribution < -0.4 is 10.6 Å². The third-order valence-electron chi connectivity index (χ3n) is 7.85. The van der Waals surface area contributed by atoms with Crippen LogP contribution in [0.25, 0.3) is 0 Å². The molecule has 2 N–H and O–H groups in total. The van der Waals surface area contributed by atoms with Gasteiger partial charge in [0.25, 0.3) is 0 Å². The first-order chi connectivity index (χ1) is 13.2. The molecule has 2 saturated heterocycles. The maximum absolute atomic E-state index is 11.7. The largest absolute Gasteiger partial charge is 0.382 e. The van der Waals surface area contributed by atoms with Crippen molar-refractivity contribution in [1.29, 1.82) is 0 Å². The first-order valence-corrected chi connectivity index (χ1v) is 12.0. The molecule has 0 aromatic rings. The fourth-order valence-corrected chi connectivity index (χ4v) is 6.37. The minimum absolute atomic E-state index is 0.0741. The third-order valence-corrected chi connectivity index (χ3v) is 7.85. The highest BCUT2D eigenvalue weighted by Gasteiger charge is 2.53. The minimum Gasteiger partial charge on any atom is -0.382 e. The smallest absolute Gasteiger partial charge is 0.220 e. The lowest BCUT2D eigenvalue weighted by Gasteiger charge is -2.57. The Morgan fingerprint density at radius 1 is 0.633 bits per heavy atom. The van der Waals surface area contributed by atoms with Gasteiger partial charge >= 0.3 is 0 Å². The summed E-state index contributed by atoms with van der Waals surface area (Å²) in [5, 5.41) is 6.99. The molecule has 0 aromatic carbocycles. The molecular formula is C27H52N2O. The van der Waals surface area contributed by atoms with E-state index in [1.54, 1.807) is 0 Å². The van der Waals surface area contributed by atoms with E-state index < -0.39 is 0 Å². The number of carbonyl (C=O) groups excluding carboxylic acids is 1. The van der Waals surface area contributed by atoms with Gasteiger partial charge in [0.15, 0.2) is 0 Å². The Balaban J connectivity index is 0.000000300. The second-order valence-electron chi connectivity index (χ2n) is 13.8. The third kappa shape index (κ3) is 5.25. The van der Waals surface area contributed by atoms with Gasteiger partial charge in [-0.15, -0.1) is 0 Å². The van der Waals surface area contributed by atoms with Crippen molar-refractivity contribution in [1.82, 2.24) is 10.6 Å². The van der Waals surface area contributed by atoms with Gasteiger partial charge in [-0.1, -0.05) is 89.7 Å². The first kappa shape index (κ1) is 27.0. The molecule has 176 valence electrons. The monoisotopic (exact) mass is 420 g/mol. The van der Waals surface area contributed by atoms with Crippen molar-refractivity contribution in [2.24, 2.45) is 21.7 Å². The zero-order valence-corrected chi connectivity index (χ0v) is 22.4. The molecule has 2 rings (SSSR count). The zero-order valence-electron chi connectivity index (χ0n) is 22.4. The Hall–Kier alpha value is -0.990. The standard InChI is InChI=1S/C14H27N.C13H25NO/c1-11-9-8-10-14(15-11,12(2,3)4)13(5,6)7;1-11(2,3)13(12(4,5)6)9-7-8-10(15)14-13/h15H,1,8-10H2,2-7H3;7-9H2,1-6H3,(H,14,15). The Labute approximate surface area is 188 Å². The summed E-state index contributed by atoms with van der Waals surface area (Å²) in [4.78, 5) is 11.7. The Morgan fingerprint density at radius 3 is 1.20 bits per heavy atom.